The summed E-state index contributed by atoms with van der Waals surface area (Å²) >= 11 is 0. The minimum atomic E-state index is -4.48. The average molecular weight is 633 g/mol. The average Bonchev–Trinajstić information content (AvgIpc) is 3.04. The summed E-state index contributed by atoms with van der Waals surface area (Å²) in [6.07, 6.45) is 1.41. The van der Waals surface area contributed by atoms with Gasteiger partial charge in [0, 0.05) is 55.4 Å². The number of unbranched alkanes of at least 4 members (excludes halogenated alkanes) is 2. The zero-order valence-corrected chi connectivity index (χ0v) is 28.1. The molecule has 4 rings (SSSR count). The van der Waals surface area contributed by atoms with Crippen LogP contribution in [-0.4, -0.2) is 32.7 Å². The summed E-state index contributed by atoms with van der Waals surface area (Å²) < 4.78 is 41.2. The van der Waals surface area contributed by atoms with Crippen LogP contribution in [0.4, 0.5) is 30.2 Å². The normalized spacial score (nSPS) is 13.0. The van der Waals surface area contributed by atoms with Crippen molar-refractivity contribution in [3.05, 3.63) is 114 Å². The lowest BCUT2D eigenvalue weighted by Gasteiger charge is -2.39. The molecule has 0 bridgehead atoms. The highest BCUT2D eigenvalue weighted by Gasteiger charge is 2.33. The number of hydrogen-bond donors (Lipinski definition) is 2. The van der Waals surface area contributed by atoms with Crippen LogP contribution in [0.1, 0.15) is 75.1 Å². The van der Waals surface area contributed by atoms with Crippen LogP contribution in [0.5, 0.6) is 0 Å². The molecular formula is C39H51F3N4. The van der Waals surface area contributed by atoms with Gasteiger partial charge in [-0.25, -0.2) is 0 Å². The largest absolute Gasteiger partial charge is 0.417 e. The Morgan fingerprint density at radius 1 is 0.783 bits per heavy atom. The molecule has 0 unspecified atom stereocenters. The van der Waals surface area contributed by atoms with Crippen molar-refractivity contribution < 1.29 is 13.2 Å². The van der Waals surface area contributed by atoms with Gasteiger partial charge in [-0.05, 0) is 68.5 Å². The molecule has 1 fully saturated rings. The fourth-order valence-corrected chi connectivity index (χ4v) is 5.43. The second kappa shape index (κ2) is 17.5. The lowest BCUT2D eigenvalue weighted by molar-refractivity contribution is -0.137. The van der Waals surface area contributed by atoms with E-state index in [1.165, 1.54) is 48.2 Å². The van der Waals surface area contributed by atoms with Crippen molar-refractivity contribution in [1.82, 2.24) is 5.32 Å². The summed E-state index contributed by atoms with van der Waals surface area (Å²) in [5, 5.41) is 6.59. The second-order valence-electron chi connectivity index (χ2n) is 12.0. The Labute approximate surface area is 274 Å². The maximum Gasteiger partial charge on any atom is 0.417 e. The zero-order valence-electron chi connectivity index (χ0n) is 28.1. The standard InChI is InChI=1S/C32H37F3N4.C7H14/c1-5-6-17-36-24(3)26-15-16-31(39-20-18-38(19-21-39)30-14-10-7-11-23(30)2)29(22-26)37-25(4)27-12-8-9-13-28(27)32(33,34)35;1-4-5-6-7(2)3/h7-16,22,36-37H,3-6,17-21H2,1-2H3;2,4-6H2,1,3H3. The SMILES string of the molecule is C=C(C)CCCC.C=C(NCCCC)c1ccc(N2CCN(c3ccccc3C)CC2)c(NC(=C)c2ccccc2C(F)(F)F)c1. The van der Waals surface area contributed by atoms with Gasteiger partial charge in [0.05, 0.1) is 16.9 Å². The molecule has 0 amide bonds. The number of aryl methyl sites for hydroxylation is 1. The first kappa shape index (κ1) is 36.3. The highest BCUT2D eigenvalue weighted by Crippen LogP contribution is 2.37. The van der Waals surface area contributed by atoms with Gasteiger partial charge in [-0.2, -0.15) is 13.2 Å². The highest BCUT2D eigenvalue weighted by molar-refractivity contribution is 5.85. The van der Waals surface area contributed by atoms with Crippen LogP contribution in [0.15, 0.2) is 92.0 Å². The number of allylic oxidation sites excluding steroid dienone is 1. The fourth-order valence-electron chi connectivity index (χ4n) is 5.43. The van der Waals surface area contributed by atoms with Crippen molar-refractivity contribution >= 4 is 28.5 Å². The van der Waals surface area contributed by atoms with Crippen molar-refractivity contribution in [2.45, 2.75) is 66.0 Å². The van der Waals surface area contributed by atoms with Crippen molar-refractivity contribution in [3.8, 4) is 0 Å². The Hall–Kier alpha value is -4.13. The first-order chi connectivity index (χ1) is 22.0. The van der Waals surface area contributed by atoms with E-state index in [-0.39, 0.29) is 11.3 Å². The molecule has 0 aliphatic carbocycles. The van der Waals surface area contributed by atoms with E-state index < -0.39 is 11.7 Å². The second-order valence-corrected chi connectivity index (χ2v) is 12.0. The topological polar surface area (TPSA) is 30.5 Å². The minimum Gasteiger partial charge on any atom is -0.385 e. The molecule has 7 heteroatoms. The van der Waals surface area contributed by atoms with Gasteiger partial charge in [0.25, 0.3) is 0 Å². The molecule has 0 atom stereocenters. The number of anilines is 3. The van der Waals surface area contributed by atoms with E-state index in [0.717, 1.165) is 68.6 Å². The van der Waals surface area contributed by atoms with Crippen LogP contribution in [0.25, 0.3) is 11.4 Å². The molecule has 3 aromatic rings. The quantitative estimate of drug-likeness (QED) is 0.145. The molecule has 46 heavy (non-hydrogen) atoms. The number of benzene rings is 3. The Balaban J connectivity index is 0.000000738. The monoisotopic (exact) mass is 632 g/mol. The summed E-state index contributed by atoms with van der Waals surface area (Å²) in [5.74, 6) is 0. The lowest BCUT2D eigenvalue weighted by atomic mass is 10.0. The molecule has 1 aliphatic heterocycles. The smallest absolute Gasteiger partial charge is 0.385 e. The van der Waals surface area contributed by atoms with Crippen LogP contribution in [0.3, 0.4) is 0 Å². The number of rotatable bonds is 13. The van der Waals surface area contributed by atoms with Gasteiger partial charge in [0.1, 0.15) is 0 Å². The molecule has 0 aromatic heterocycles. The van der Waals surface area contributed by atoms with E-state index >= 15 is 0 Å². The summed E-state index contributed by atoms with van der Waals surface area (Å²) in [6, 6.07) is 19.9. The van der Waals surface area contributed by atoms with Crippen molar-refractivity contribution in [2.24, 2.45) is 0 Å². The third-order valence-electron chi connectivity index (χ3n) is 8.09. The Bertz CT molecular complexity index is 1450. The maximum atomic E-state index is 13.7. The predicted molar refractivity (Wildman–Crippen MR) is 192 cm³/mol. The number of piperazine rings is 1. The summed E-state index contributed by atoms with van der Waals surface area (Å²) in [7, 11) is 0. The number of nitrogens with zero attached hydrogens (tertiary/aromatic N) is 2. The van der Waals surface area contributed by atoms with Crippen LogP contribution < -0.4 is 20.4 Å². The highest BCUT2D eigenvalue weighted by atomic mass is 19.4. The van der Waals surface area contributed by atoms with Crippen LogP contribution in [0.2, 0.25) is 0 Å². The van der Waals surface area contributed by atoms with Crippen molar-refractivity contribution in [3.63, 3.8) is 0 Å². The molecule has 1 aliphatic rings. The van der Waals surface area contributed by atoms with Crippen molar-refractivity contribution in [2.75, 3.05) is 47.8 Å². The van der Waals surface area contributed by atoms with Crippen LogP contribution in [-0.2, 0) is 6.18 Å². The van der Waals surface area contributed by atoms with E-state index in [0.29, 0.717) is 5.69 Å². The van der Waals surface area contributed by atoms with Gasteiger partial charge >= 0.3 is 6.18 Å². The molecule has 0 radical (unpaired) electrons. The van der Waals surface area contributed by atoms with E-state index in [9.17, 15) is 13.2 Å². The van der Waals surface area contributed by atoms with Gasteiger partial charge in [0.2, 0.25) is 0 Å². The third-order valence-corrected chi connectivity index (χ3v) is 8.09. The predicted octanol–water partition coefficient (Wildman–Crippen LogP) is 10.5. The summed E-state index contributed by atoms with van der Waals surface area (Å²) in [4.78, 5) is 4.66. The molecule has 1 heterocycles. The Morgan fingerprint density at radius 2 is 1.39 bits per heavy atom. The lowest BCUT2D eigenvalue weighted by Crippen LogP contribution is -2.47. The van der Waals surface area contributed by atoms with E-state index in [1.54, 1.807) is 6.07 Å². The number of nitrogens with one attached hydrogen (secondary N) is 2. The molecule has 1 saturated heterocycles. The summed E-state index contributed by atoms with van der Waals surface area (Å²) in [6.45, 7) is 24.6. The number of hydrogen-bond acceptors (Lipinski definition) is 4. The Morgan fingerprint density at radius 3 is 1.98 bits per heavy atom. The van der Waals surface area contributed by atoms with E-state index in [4.69, 9.17) is 0 Å². The molecule has 4 nitrogen and oxygen atoms in total. The number of halogens is 3. The fraction of sp³-hybridized carbons (Fsp3) is 0.385. The minimum absolute atomic E-state index is 0.0330. The molecular weight excluding hydrogens is 581 g/mol. The molecule has 2 N–H and O–H groups in total. The van der Waals surface area contributed by atoms with Crippen LogP contribution >= 0.6 is 0 Å². The van der Waals surface area contributed by atoms with Crippen LogP contribution in [0, 0.1) is 6.92 Å². The first-order valence-corrected chi connectivity index (χ1v) is 16.4. The molecule has 3 aromatic carbocycles. The maximum absolute atomic E-state index is 13.7. The van der Waals surface area contributed by atoms with Gasteiger partial charge in [-0.1, -0.05) is 87.9 Å². The third kappa shape index (κ3) is 10.5. The van der Waals surface area contributed by atoms with Gasteiger partial charge in [-0.15, -0.1) is 6.58 Å². The van der Waals surface area contributed by atoms with E-state index in [2.05, 4.69) is 86.1 Å². The molecule has 248 valence electrons. The number of para-hydroxylation sites is 1. The van der Waals surface area contributed by atoms with Crippen molar-refractivity contribution in [1.29, 1.82) is 0 Å². The van der Waals surface area contributed by atoms with Gasteiger partial charge in [-0.3, -0.25) is 0 Å². The van der Waals surface area contributed by atoms with Gasteiger partial charge in [0.15, 0.2) is 0 Å². The summed E-state index contributed by atoms with van der Waals surface area (Å²) in [5.41, 5.74) is 6.60. The van der Waals surface area contributed by atoms with Gasteiger partial charge < -0.3 is 20.4 Å². The Kier molecular flexibility index (Phi) is 13.9. The zero-order chi connectivity index (χ0) is 33.7. The number of alkyl halides is 3. The first-order valence-electron chi connectivity index (χ1n) is 16.4. The van der Waals surface area contributed by atoms with E-state index in [1.807, 2.05) is 24.3 Å². The molecule has 0 saturated carbocycles. The molecule has 0 spiro atoms.